The largest absolute Gasteiger partial charge is 0.330 e. The first-order chi connectivity index (χ1) is 7.80. The van der Waals surface area contributed by atoms with Crippen LogP contribution in [0.5, 0.6) is 0 Å². The molecule has 0 radical (unpaired) electrons. The monoisotopic (exact) mass is 262 g/mol. The van der Waals surface area contributed by atoms with Gasteiger partial charge in [-0.25, -0.2) is 12.7 Å². The van der Waals surface area contributed by atoms with E-state index in [1.54, 1.807) is 4.31 Å². The smallest absolute Gasteiger partial charge is 0.214 e. The maximum absolute atomic E-state index is 12.2. The van der Waals surface area contributed by atoms with E-state index < -0.39 is 10.0 Å². The maximum atomic E-state index is 12.2. The molecule has 0 aliphatic heterocycles. The highest BCUT2D eigenvalue weighted by Crippen LogP contribution is 2.33. The van der Waals surface area contributed by atoms with Crippen molar-refractivity contribution in [2.45, 2.75) is 40.0 Å². The molecule has 1 aliphatic carbocycles. The van der Waals surface area contributed by atoms with Crippen LogP contribution >= 0.6 is 0 Å². The van der Waals surface area contributed by atoms with Crippen LogP contribution in [0.25, 0.3) is 0 Å². The van der Waals surface area contributed by atoms with Crippen LogP contribution in [0.15, 0.2) is 0 Å². The lowest BCUT2D eigenvalue weighted by Crippen LogP contribution is -2.42. The van der Waals surface area contributed by atoms with Crippen LogP contribution in [-0.2, 0) is 10.0 Å². The fraction of sp³-hybridized carbons (Fsp3) is 1.00. The number of sulfonamides is 1. The van der Waals surface area contributed by atoms with E-state index >= 15 is 0 Å². The number of nitrogens with two attached hydrogens (primary N) is 1. The normalized spacial score (nSPS) is 17.7. The Balaban J connectivity index is 2.57. The van der Waals surface area contributed by atoms with Crippen molar-refractivity contribution in [1.82, 2.24) is 4.31 Å². The molecular weight excluding hydrogens is 236 g/mol. The molecule has 4 nitrogen and oxygen atoms in total. The van der Waals surface area contributed by atoms with Crippen LogP contribution in [-0.4, -0.2) is 38.1 Å². The third-order valence-electron chi connectivity index (χ3n) is 3.38. The van der Waals surface area contributed by atoms with Crippen LogP contribution in [0.2, 0.25) is 0 Å². The van der Waals surface area contributed by atoms with Gasteiger partial charge in [-0.2, -0.15) is 0 Å². The first-order valence-electron chi connectivity index (χ1n) is 6.48. The van der Waals surface area contributed by atoms with Gasteiger partial charge in [0, 0.05) is 13.1 Å². The van der Waals surface area contributed by atoms with Crippen LogP contribution in [0.3, 0.4) is 0 Å². The van der Waals surface area contributed by atoms with E-state index in [9.17, 15) is 8.42 Å². The molecule has 0 heterocycles. The van der Waals surface area contributed by atoms with Gasteiger partial charge in [-0.15, -0.1) is 0 Å². The van der Waals surface area contributed by atoms with Crippen LogP contribution < -0.4 is 5.73 Å². The summed E-state index contributed by atoms with van der Waals surface area (Å²) in [4.78, 5) is 0. The Bertz CT molecular complexity index is 334. The summed E-state index contributed by atoms with van der Waals surface area (Å²) < 4.78 is 25.9. The van der Waals surface area contributed by atoms with E-state index in [4.69, 9.17) is 5.73 Å². The van der Waals surface area contributed by atoms with Gasteiger partial charge in [0.2, 0.25) is 10.0 Å². The van der Waals surface area contributed by atoms with Gasteiger partial charge in [0.15, 0.2) is 0 Å². The number of rotatable bonds is 8. The minimum Gasteiger partial charge on any atom is -0.330 e. The van der Waals surface area contributed by atoms with Crippen molar-refractivity contribution in [2.24, 2.45) is 17.1 Å². The zero-order chi connectivity index (χ0) is 13.1. The summed E-state index contributed by atoms with van der Waals surface area (Å²) in [6.07, 6.45) is 3.23. The Kier molecular flexibility index (Phi) is 4.98. The van der Waals surface area contributed by atoms with Gasteiger partial charge in [-0.3, -0.25) is 0 Å². The Morgan fingerprint density at radius 3 is 2.35 bits per heavy atom. The Hall–Kier alpha value is -0.130. The average Bonchev–Trinajstić information content (AvgIpc) is 3.07. The van der Waals surface area contributed by atoms with E-state index in [1.165, 1.54) is 12.8 Å². The number of hydrogen-bond acceptors (Lipinski definition) is 3. The highest BCUT2D eigenvalue weighted by molar-refractivity contribution is 7.89. The quantitative estimate of drug-likeness (QED) is 0.719. The summed E-state index contributed by atoms with van der Waals surface area (Å²) in [6.45, 7) is 7.46. The van der Waals surface area contributed by atoms with Gasteiger partial charge in [-0.1, -0.05) is 33.6 Å². The molecule has 1 fully saturated rings. The molecule has 1 rings (SSSR count). The van der Waals surface area contributed by atoms with Crippen molar-refractivity contribution in [3.05, 3.63) is 0 Å². The second-order valence-corrected chi connectivity index (χ2v) is 7.93. The van der Waals surface area contributed by atoms with Gasteiger partial charge in [0.25, 0.3) is 0 Å². The molecule has 0 unspecified atom stereocenters. The van der Waals surface area contributed by atoms with Crippen LogP contribution in [0, 0.1) is 11.3 Å². The molecule has 17 heavy (non-hydrogen) atoms. The molecule has 5 heteroatoms. The lowest BCUT2D eigenvalue weighted by atomic mass is 9.94. The van der Waals surface area contributed by atoms with E-state index in [0.717, 1.165) is 6.42 Å². The molecule has 102 valence electrons. The van der Waals surface area contributed by atoms with Gasteiger partial charge in [0.05, 0.1) is 5.75 Å². The fourth-order valence-corrected chi connectivity index (χ4v) is 3.63. The minimum atomic E-state index is -3.09. The molecule has 0 spiro atoms. The van der Waals surface area contributed by atoms with E-state index in [2.05, 4.69) is 0 Å². The molecular formula is C12H26N2O2S. The van der Waals surface area contributed by atoms with Crippen molar-refractivity contribution in [3.8, 4) is 0 Å². The summed E-state index contributed by atoms with van der Waals surface area (Å²) in [7, 11) is -3.09. The first-order valence-corrected chi connectivity index (χ1v) is 8.09. The molecule has 0 saturated heterocycles. The SMILES string of the molecule is CCN(CC(C)(C)CN)S(=O)(=O)CCC1CC1. The third kappa shape index (κ3) is 4.94. The van der Waals surface area contributed by atoms with E-state index in [1.807, 2.05) is 20.8 Å². The molecule has 1 saturated carbocycles. The van der Waals surface area contributed by atoms with Crippen molar-refractivity contribution in [1.29, 1.82) is 0 Å². The molecule has 0 aromatic carbocycles. The number of hydrogen-bond donors (Lipinski definition) is 1. The topological polar surface area (TPSA) is 63.4 Å². The first kappa shape index (κ1) is 14.9. The molecule has 0 bridgehead atoms. The molecule has 0 aromatic rings. The van der Waals surface area contributed by atoms with Crippen LogP contribution in [0.4, 0.5) is 0 Å². The van der Waals surface area contributed by atoms with E-state index in [-0.39, 0.29) is 5.41 Å². The van der Waals surface area contributed by atoms with Gasteiger partial charge < -0.3 is 5.73 Å². The lowest BCUT2D eigenvalue weighted by Gasteiger charge is -2.30. The van der Waals surface area contributed by atoms with Crippen molar-refractivity contribution in [3.63, 3.8) is 0 Å². The molecule has 0 amide bonds. The standard InChI is InChI=1S/C12H26N2O2S/c1-4-14(10-12(2,3)9-13)17(15,16)8-7-11-5-6-11/h11H,4-10,13H2,1-3H3. The zero-order valence-electron chi connectivity index (χ0n) is 11.3. The maximum Gasteiger partial charge on any atom is 0.214 e. The Labute approximate surface area is 106 Å². The van der Waals surface area contributed by atoms with E-state index in [0.29, 0.717) is 31.3 Å². The van der Waals surface area contributed by atoms with Crippen molar-refractivity contribution >= 4 is 10.0 Å². The molecule has 0 aromatic heterocycles. The molecule has 2 N–H and O–H groups in total. The third-order valence-corrected chi connectivity index (χ3v) is 5.31. The summed E-state index contributed by atoms with van der Waals surface area (Å²) in [5.41, 5.74) is 5.51. The second-order valence-electron chi connectivity index (χ2n) is 5.84. The molecule has 0 atom stereocenters. The van der Waals surface area contributed by atoms with Crippen molar-refractivity contribution < 1.29 is 8.42 Å². The van der Waals surface area contributed by atoms with Crippen LogP contribution in [0.1, 0.15) is 40.0 Å². The Morgan fingerprint density at radius 2 is 1.94 bits per heavy atom. The predicted octanol–water partition coefficient (Wildman–Crippen LogP) is 1.42. The summed E-state index contributed by atoms with van der Waals surface area (Å²) in [5, 5.41) is 0. The highest BCUT2D eigenvalue weighted by atomic mass is 32.2. The van der Waals surface area contributed by atoms with Gasteiger partial charge in [-0.05, 0) is 24.3 Å². The highest BCUT2D eigenvalue weighted by Gasteiger charge is 2.30. The average molecular weight is 262 g/mol. The fourth-order valence-electron chi connectivity index (χ4n) is 1.80. The van der Waals surface area contributed by atoms with Gasteiger partial charge in [0.1, 0.15) is 0 Å². The Morgan fingerprint density at radius 1 is 1.35 bits per heavy atom. The summed E-state index contributed by atoms with van der Waals surface area (Å²) >= 11 is 0. The summed E-state index contributed by atoms with van der Waals surface area (Å²) in [5.74, 6) is 0.956. The zero-order valence-corrected chi connectivity index (χ0v) is 12.1. The van der Waals surface area contributed by atoms with Crippen molar-refractivity contribution in [2.75, 3.05) is 25.4 Å². The lowest BCUT2D eigenvalue weighted by molar-refractivity contribution is 0.272. The number of nitrogens with zero attached hydrogens (tertiary/aromatic N) is 1. The van der Waals surface area contributed by atoms with Gasteiger partial charge >= 0.3 is 0 Å². The second kappa shape index (κ2) is 5.67. The molecule has 1 aliphatic rings. The minimum absolute atomic E-state index is 0.150. The predicted molar refractivity (Wildman–Crippen MR) is 71.2 cm³/mol. The summed E-state index contributed by atoms with van der Waals surface area (Å²) in [6, 6.07) is 0.